The Morgan fingerprint density at radius 3 is 2.60 bits per heavy atom. The highest BCUT2D eigenvalue weighted by atomic mass is 16.6. The maximum absolute atomic E-state index is 13.0. The fraction of sp³-hybridized carbons (Fsp3) is 0.667. The van der Waals surface area contributed by atoms with Crippen molar-refractivity contribution < 1.29 is 14.3 Å². The van der Waals surface area contributed by atoms with Gasteiger partial charge in [-0.25, -0.2) is 14.3 Å². The third-order valence-electron chi connectivity index (χ3n) is 5.71. The van der Waals surface area contributed by atoms with Crippen LogP contribution in [-0.4, -0.2) is 72.2 Å². The van der Waals surface area contributed by atoms with Crippen LogP contribution in [0.2, 0.25) is 0 Å². The lowest BCUT2D eigenvalue weighted by Gasteiger charge is -2.31. The second-order valence-corrected chi connectivity index (χ2v) is 9.36. The van der Waals surface area contributed by atoms with Gasteiger partial charge in [-0.2, -0.15) is 4.98 Å². The normalized spacial score (nSPS) is 21.8. The molecule has 2 aromatic rings. The molecule has 2 aliphatic heterocycles. The Morgan fingerprint density at radius 1 is 1.13 bits per heavy atom. The standard InChI is InChI=1S/C21H30N6O3/c1-13-10-14(2)27-19(22-13)23-17(24-27)11-18(28)25-9-8-15-6-7-16(12-25)26(15)20(29)30-21(3,4)5/h10,15-16H,6-9,11-12H2,1-5H3. The molecule has 9 nitrogen and oxygen atoms in total. The highest BCUT2D eigenvalue weighted by Gasteiger charge is 2.42. The van der Waals surface area contributed by atoms with Gasteiger partial charge in [-0.3, -0.25) is 4.79 Å². The maximum Gasteiger partial charge on any atom is 0.410 e. The van der Waals surface area contributed by atoms with Crippen molar-refractivity contribution in [2.45, 2.75) is 78.0 Å². The molecule has 4 rings (SSSR count). The molecule has 2 unspecified atom stereocenters. The van der Waals surface area contributed by atoms with Crippen LogP contribution >= 0.6 is 0 Å². The molecule has 2 fully saturated rings. The summed E-state index contributed by atoms with van der Waals surface area (Å²) in [5.41, 5.74) is 1.28. The Balaban J connectivity index is 1.46. The first-order valence-electron chi connectivity index (χ1n) is 10.6. The second-order valence-electron chi connectivity index (χ2n) is 9.36. The van der Waals surface area contributed by atoms with Crippen molar-refractivity contribution in [1.29, 1.82) is 0 Å². The van der Waals surface area contributed by atoms with Gasteiger partial charge in [-0.1, -0.05) is 0 Å². The van der Waals surface area contributed by atoms with Crippen LogP contribution < -0.4 is 0 Å². The number of hydrogen-bond donors (Lipinski definition) is 0. The van der Waals surface area contributed by atoms with Crippen LogP contribution in [0.3, 0.4) is 0 Å². The zero-order valence-corrected chi connectivity index (χ0v) is 18.4. The summed E-state index contributed by atoms with van der Waals surface area (Å²) in [5.74, 6) is 0.970. The van der Waals surface area contributed by atoms with Crippen LogP contribution in [0.25, 0.3) is 5.78 Å². The summed E-state index contributed by atoms with van der Waals surface area (Å²) in [6, 6.07) is 2.06. The largest absolute Gasteiger partial charge is 0.444 e. The molecule has 4 heterocycles. The van der Waals surface area contributed by atoms with E-state index in [0.29, 0.717) is 24.7 Å². The topological polar surface area (TPSA) is 92.9 Å². The van der Waals surface area contributed by atoms with Gasteiger partial charge in [0, 0.05) is 30.5 Å². The minimum Gasteiger partial charge on any atom is -0.444 e. The first-order valence-corrected chi connectivity index (χ1v) is 10.6. The summed E-state index contributed by atoms with van der Waals surface area (Å²) in [4.78, 5) is 38.3. The van der Waals surface area contributed by atoms with Gasteiger partial charge in [-0.15, -0.1) is 5.10 Å². The first kappa shape index (κ1) is 20.6. The number of likely N-dealkylation sites (tertiary alicyclic amines) is 1. The zero-order chi connectivity index (χ0) is 21.6. The first-order chi connectivity index (χ1) is 14.1. The number of amides is 2. The fourth-order valence-corrected chi connectivity index (χ4v) is 4.44. The van der Waals surface area contributed by atoms with Gasteiger partial charge in [0.05, 0.1) is 12.5 Å². The van der Waals surface area contributed by atoms with Gasteiger partial charge < -0.3 is 14.5 Å². The molecule has 2 bridgehead atoms. The molecule has 9 heteroatoms. The molecule has 2 amide bonds. The Bertz CT molecular complexity index is 979. The fourth-order valence-electron chi connectivity index (χ4n) is 4.44. The van der Waals surface area contributed by atoms with E-state index in [9.17, 15) is 9.59 Å². The highest BCUT2D eigenvalue weighted by Crippen LogP contribution is 2.32. The van der Waals surface area contributed by atoms with Gasteiger partial charge in [-0.05, 0) is 59.9 Å². The van der Waals surface area contributed by atoms with Crippen LogP contribution in [-0.2, 0) is 16.0 Å². The molecule has 162 valence electrons. The van der Waals surface area contributed by atoms with Crippen molar-refractivity contribution in [2.24, 2.45) is 0 Å². The molecule has 2 aliphatic rings. The SMILES string of the molecule is Cc1cc(C)n2nc(CC(=O)N3CCC4CCC(C3)N4C(=O)OC(C)(C)C)nc2n1. The average molecular weight is 415 g/mol. The van der Waals surface area contributed by atoms with Gasteiger partial charge >= 0.3 is 6.09 Å². The van der Waals surface area contributed by atoms with Crippen LogP contribution in [0.4, 0.5) is 4.79 Å². The Labute approximate surface area is 176 Å². The molecule has 0 aromatic carbocycles. The third kappa shape index (κ3) is 4.11. The highest BCUT2D eigenvalue weighted by molar-refractivity contribution is 5.78. The monoisotopic (exact) mass is 414 g/mol. The predicted octanol–water partition coefficient (Wildman–Crippen LogP) is 2.28. The van der Waals surface area contributed by atoms with E-state index in [0.717, 1.165) is 30.7 Å². The van der Waals surface area contributed by atoms with E-state index in [1.165, 1.54) is 0 Å². The molecule has 0 saturated carbocycles. The van der Waals surface area contributed by atoms with Gasteiger partial charge in [0.1, 0.15) is 5.60 Å². The molecule has 30 heavy (non-hydrogen) atoms. The number of hydrogen-bond acceptors (Lipinski definition) is 6. The van der Waals surface area contributed by atoms with Gasteiger partial charge in [0.15, 0.2) is 5.82 Å². The number of rotatable bonds is 2. The summed E-state index contributed by atoms with van der Waals surface area (Å²) < 4.78 is 7.28. The molecule has 2 aromatic heterocycles. The number of ether oxygens (including phenoxy) is 1. The van der Waals surface area contributed by atoms with Gasteiger partial charge in [0.25, 0.3) is 5.78 Å². The van der Waals surface area contributed by atoms with Crippen molar-refractivity contribution >= 4 is 17.8 Å². The average Bonchev–Trinajstić information content (AvgIpc) is 3.13. The summed E-state index contributed by atoms with van der Waals surface area (Å²) in [5, 5.41) is 4.45. The Kier molecular flexibility index (Phi) is 5.15. The molecule has 0 N–H and O–H groups in total. The maximum atomic E-state index is 13.0. The third-order valence-corrected chi connectivity index (χ3v) is 5.71. The van der Waals surface area contributed by atoms with Crippen LogP contribution in [0.1, 0.15) is 57.2 Å². The second kappa shape index (κ2) is 7.52. The van der Waals surface area contributed by atoms with E-state index in [4.69, 9.17) is 4.74 Å². The predicted molar refractivity (Wildman–Crippen MR) is 110 cm³/mol. The molecule has 2 saturated heterocycles. The lowest BCUT2D eigenvalue weighted by atomic mass is 10.1. The lowest BCUT2D eigenvalue weighted by Crippen LogP contribution is -2.46. The summed E-state index contributed by atoms with van der Waals surface area (Å²) in [7, 11) is 0. The number of aryl methyl sites for hydroxylation is 2. The number of aromatic nitrogens is 4. The lowest BCUT2D eigenvalue weighted by molar-refractivity contribution is -0.131. The molecular formula is C21H30N6O3. The van der Waals surface area contributed by atoms with Crippen LogP contribution in [0.15, 0.2) is 6.07 Å². The van der Waals surface area contributed by atoms with E-state index >= 15 is 0 Å². The van der Waals surface area contributed by atoms with E-state index in [2.05, 4.69) is 15.1 Å². The van der Waals surface area contributed by atoms with E-state index in [-0.39, 0.29) is 30.5 Å². The molecule has 2 atom stereocenters. The number of fused-ring (bicyclic) bond motifs is 3. The number of nitrogens with zero attached hydrogens (tertiary/aromatic N) is 6. The van der Waals surface area contributed by atoms with Crippen LogP contribution in [0.5, 0.6) is 0 Å². The summed E-state index contributed by atoms with van der Waals surface area (Å²) in [6.07, 6.45) is 2.47. The zero-order valence-electron chi connectivity index (χ0n) is 18.4. The van der Waals surface area contributed by atoms with Crippen LogP contribution in [0, 0.1) is 13.8 Å². The minimum atomic E-state index is -0.530. The van der Waals surface area contributed by atoms with Crippen molar-refractivity contribution in [3.8, 4) is 0 Å². The van der Waals surface area contributed by atoms with Crippen molar-refractivity contribution in [1.82, 2.24) is 29.4 Å². The van der Waals surface area contributed by atoms with E-state index in [1.54, 1.807) is 4.52 Å². The number of carbonyl (C=O) groups is 2. The van der Waals surface area contributed by atoms with Crippen molar-refractivity contribution in [3.05, 3.63) is 23.3 Å². The van der Waals surface area contributed by atoms with Crippen molar-refractivity contribution in [3.63, 3.8) is 0 Å². The minimum absolute atomic E-state index is 0.00288. The Morgan fingerprint density at radius 2 is 1.87 bits per heavy atom. The summed E-state index contributed by atoms with van der Waals surface area (Å²) >= 11 is 0. The number of carbonyl (C=O) groups excluding carboxylic acids is 2. The summed E-state index contributed by atoms with van der Waals surface area (Å²) in [6.45, 7) is 10.6. The van der Waals surface area contributed by atoms with Crippen molar-refractivity contribution in [2.75, 3.05) is 13.1 Å². The van der Waals surface area contributed by atoms with Gasteiger partial charge in [0.2, 0.25) is 5.91 Å². The molecule has 0 spiro atoms. The quantitative estimate of drug-likeness (QED) is 0.749. The smallest absolute Gasteiger partial charge is 0.410 e. The van der Waals surface area contributed by atoms with E-state index < -0.39 is 5.60 Å². The molecular weight excluding hydrogens is 384 g/mol. The van der Waals surface area contributed by atoms with E-state index in [1.807, 2.05) is 50.5 Å². The molecule has 0 aliphatic carbocycles. The molecule has 0 radical (unpaired) electrons. The Hall–Kier alpha value is -2.71.